The van der Waals surface area contributed by atoms with Gasteiger partial charge in [-0.2, -0.15) is 5.10 Å². The normalized spacial score (nSPS) is 18.5. The van der Waals surface area contributed by atoms with Gasteiger partial charge in [0.15, 0.2) is 11.6 Å². The van der Waals surface area contributed by atoms with E-state index < -0.39 is 0 Å². The monoisotopic (exact) mass is 306 g/mol. The van der Waals surface area contributed by atoms with Gasteiger partial charge in [-0.1, -0.05) is 11.6 Å². The van der Waals surface area contributed by atoms with Gasteiger partial charge >= 0.3 is 0 Å². The van der Waals surface area contributed by atoms with Gasteiger partial charge in [-0.15, -0.1) is 0 Å². The Morgan fingerprint density at radius 2 is 2.10 bits per heavy atom. The number of nitrogens with one attached hydrogen (secondary N) is 1. The maximum absolute atomic E-state index is 14.0. The van der Waals surface area contributed by atoms with E-state index in [1.807, 2.05) is 4.90 Å². The Labute approximate surface area is 127 Å². The van der Waals surface area contributed by atoms with Gasteiger partial charge in [0, 0.05) is 37.3 Å². The lowest BCUT2D eigenvalue weighted by molar-refractivity contribution is 0.608. The Kier molecular flexibility index (Phi) is 3.10. The molecule has 110 valence electrons. The van der Waals surface area contributed by atoms with Crippen molar-refractivity contribution in [2.24, 2.45) is 0 Å². The lowest BCUT2D eigenvalue weighted by Crippen LogP contribution is -2.28. The summed E-state index contributed by atoms with van der Waals surface area (Å²) in [5.41, 5.74) is 3.78. The fourth-order valence-corrected chi connectivity index (χ4v) is 3.20. The first kappa shape index (κ1) is 13.1. The summed E-state index contributed by atoms with van der Waals surface area (Å²) in [6.45, 7) is 1.50. The molecular weight excluding hydrogens is 291 g/mol. The number of H-pyrrole nitrogens is 1. The predicted octanol–water partition coefficient (Wildman–Crippen LogP) is 3.08. The molecule has 1 aliphatic carbocycles. The largest absolute Gasteiger partial charge is 0.353 e. The highest BCUT2D eigenvalue weighted by Gasteiger charge is 2.31. The Balaban J connectivity index is 1.59. The summed E-state index contributed by atoms with van der Waals surface area (Å²) in [5.74, 6) is 0.682. The zero-order chi connectivity index (χ0) is 14.4. The minimum absolute atomic E-state index is 0.330. The van der Waals surface area contributed by atoms with E-state index in [1.165, 1.54) is 42.1 Å². The van der Waals surface area contributed by atoms with Gasteiger partial charge in [-0.25, -0.2) is 9.37 Å². The van der Waals surface area contributed by atoms with Crippen LogP contribution in [0.25, 0.3) is 0 Å². The van der Waals surface area contributed by atoms with E-state index in [9.17, 15) is 4.39 Å². The van der Waals surface area contributed by atoms with Crippen molar-refractivity contribution in [2.45, 2.75) is 31.6 Å². The van der Waals surface area contributed by atoms with E-state index >= 15 is 0 Å². The number of fused-ring (bicyclic) bond motifs is 1. The lowest BCUT2D eigenvalue weighted by Gasteiger charge is -2.21. The minimum Gasteiger partial charge on any atom is -0.353 e. The summed E-state index contributed by atoms with van der Waals surface area (Å²) in [6, 6.07) is 1.32. The number of nitrogens with zero attached hydrogens (tertiary/aromatic N) is 3. The highest BCUT2D eigenvalue weighted by Crippen LogP contribution is 2.41. The molecule has 2 aromatic heterocycles. The molecule has 4 rings (SSSR count). The quantitative estimate of drug-likeness (QED) is 0.927. The molecule has 0 aromatic carbocycles. The van der Waals surface area contributed by atoms with Crippen LogP contribution in [0.4, 0.5) is 10.2 Å². The molecule has 2 aromatic rings. The number of pyridine rings is 1. The zero-order valence-corrected chi connectivity index (χ0v) is 12.3. The highest BCUT2D eigenvalue weighted by molar-refractivity contribution is 6.30. The fourth-order valence-electron chi connectivity index (χ4n) is 3.05. The summed E-state index contributed by atoms with van der Waals surface area (Å²) in [6.07, 6.45) is 5.73. The van der Waals surface area contributed by atoms with Crippen LogP contribution in [-0.4, -0.2) is 28.3 Å². The van der Waals surface area contributed by atoms with Gasteiger partial charge in [0.1, 0.15) is 0 Å². The second-order valence-electron chi connectivity index (χ2n) is 5.79. The van der Waals surface area contributed by atoms with Crippen LogP contribution in [0.15, 0.2) is 12.3 Å². The van der Waals surface area contributed by atoms with Crippen LogP contribution in [0.2, 0.25) is 5.02 Å². The molecule has 21 heavy (non-hydrogen) atoms. The highest BCUT2D eigenvalue weighted by atomic mass is 35.5. The van der Waals surface area contributed by atoms with E-state index in [-0.39, 0.29) is 5.82 Å². The van der Waals surface area contributed by atoms with Crippen LogP contribution in [0.3, 0.4) is 0 Å². The van der Waals surface area contributed by atoms with Crippen molar-refractivity contribution >= 4 is 17.4 Å². The minimum atomic E-state index is -0.353. The molecule has 1 saturated carbocycles. The number of aromatic nitrogens is 3. The Morgan fingerprint density at radius 1 is 1.29 bits per heavy atom. The first-order valence-electron chi connectivity index (χ1n) is 7.34. The number of aromatic amines is 1. The van der Waals surface area contributed by atoms with Crippen molar-refractivity contribution < 1.29 is 4.39 Å². The van der Waals surface area contributed by atoms with E-state index in [2.05, 4.69) is 15.2 Å². The fraction of sp³-hybridized carbons (Fsp3) is 0.467. The molecule has 1 aliphatic heterocycles. The third-order valence-electron chi connectivity index (χ3n) is 4.30. The second-order valence-corrected chi connectivity index (χ2v) is 6.22. The lowest BCUT2D eigenvalue weighted by atomic mass is 10.1. The summed E-state index contributed by atoms with van der Waals surface area (Å²) in [4.78, 5) is 6.15. The van der Waals surface area contributed by atoms with Gasteiger partial charge in [-0.3, -0.25) is 5.10 Å². The molecule has 2 aliphatic rings. The third kappa shape index (κ3) is 2.39. The standard InChI is InChI=1S/C15H16ClFN4/c16-10-7-12(17)15(18-8-10)21-5-3-11-13(4-6-21)19-20-14(11)9-1-2-9/h7-9H,1-6H2,(H,19,20). The van der Waals surface area contributed by atoms with E-state index in [4.69, 9.17) is 11.6 Å². The molecule has 0 saturated heterocycles. The van der Waals surface area contributed by atoms with E-state index in [0.717, 1.165) is 25.9 Å². The second kappa shape index (κ2) is 4.98. The van der Waals surface area contributed by atoms with Crippen molar-refractivity contribution in [3.63, 3.8) is 0 Å². The van der Waals surface area contributed by atoms with Crippen molar-refractivity contribution in [1.29, 1.82) is 0 Å². The first-order chi connectivity index (χ1) is 10.2. The smallest absolute Gasteiger partial charge is 0.167 e. The van der Waals surface area contributed by atoms with Gasteiger partial charge in [0.2, 0.25) is 0 Å². The Morgan fingerprint density at radius 3 is 2.86 bits per heavy atom. The molecule has 0 bridgehead atoms. The molecule has 0 atom stereocenters. The molecule has 1 fully saturated rings. The predicted molar refractivity (Wildman–Crippen MR) is 79.4 cm³/mol. The van der Waals surface area contributed by atoms with Gasteiger partial charge in [0.25, 0.3) is 0 Å². The molecule has 4 nitrogen and oxygen atoms in total. The van der Waals surface area contributed by atoms with Crippen LogP contribution >= 0.6 is 11.6 Å². The van der Waals surface area contributed by atoms with Gasteiger partial charge in [-0.05, 0) is 30.9 Å². The zero-order valence-electron chi connectivity index (χ0n) is 11.6. The summed E-state index contributed by atoms with van der Waals surface area (Å²) in [5, 5.41) is 7.98. The maximum atomic E-state index is 14.0. The number of halogens is 2. The average Bonchev–Trinajstić information content (AvgIpc) is 3.25. The number of rotatable bonds is 2. The summed E-state index contributed by atoms with van der Waals surface area (Å²) in [7, 11) is 0. The first-order valence-corrected chi connectivity index (χ1v) is 7.72. The average molecular weight is 307 g/mol. The van der Waals surface area contributed by atoms with Crippen molar-refractivity contribution in [2.75, 3.05) is 18.0 Å². The maximum Gasteiger partial charge on any atom is 0.167 e. The molecule has 0 spiro atoms. The van der Waals surface area contributed by atoms with Crippen LogP contribution < -0.4 is 4.90 Å². The van der Waals surface area contributed by atoms with Crippen LogP contribution in [0.5, 0.6) is 0 Å². The Hall–Kier alpha value is -1.62. The van der Waals surface area contributed by atoms with Crippen LogP contribution in [0.1, 0.15) is 35.7 Å². The third-order valence-corrected chi connectivity index (χ3v) is 4.51. The molecule has 3 heterocycles. The summed E-state index contributed by atoms with van der Waals surface area (Å²) < 4.78 is 14.0. The molecule has 6 heteroatoms. The van der Waals surface area contributed by atoms with Gasteiger partial charge < -0.3 is 4.90 Å². The van der Waals surface area contributed by atoms with Crippen molar-refractivity contribution in [3.8, 4) is 0 Å². The van der Waals surface area contributed by atoms with Crippen LogP contribution in [-0.2, 0) is 12.8 Å². The molecule has 1 N–H and O–H groups in total. The van der Waals surface area contributed by atoms with E-state index in [1.54, 1.807) is 0 Å². The molecule has 0 amide bonds. The van der Waals surface area contributed by atoms with Crippen molar-refractivity contribution in [3.05, 3.63) is 40.1 Å². The molecular formula is C15H16ClFN4. The summed E-state index contributed by atoms with van der Waals surface area (Å²) >= 11 is 5.77. The molecule has 0 radical (unpaired) electrons. The van der Waals surface area contributed by atoms with Crippen LogP contribution in [0, 0.1) is 5.82 Å². The number of hydrogen-bond donors (Lipinski definition) is 1. The number of anilines is 1. The SMILES string of the molecule is Fc1cc(Cl)cnc1N1CCc2[nH]nc(C3CC3)c2CC1. The van der Waals surface area contributed by atoms with Crippen molar-refractivity contribution in [1.82, 2.24) is 15.2 Å². The molecule has 0 unspecified atom stereocenters. The van der Waals surface area contributed by atoms with E-state index in [0.29, 0.717) is 16.8 Å². The van der Waals surface area contributed by atoms with Gasteiger partial charge in [0.05, 0.1) is 10.7 Å². The topological polar surface area (TPSA) is 44.8 Å². The number of hydrogen-bond acceptors (Lipinski definition) is 3. The Bertz CT molecular complexity index is 680.